The van der Waals surface area contributed by atoms with Gasteiger partial charge in [-0.3, -0.25) is 4.57 Å². The number of nitrogens with two attached hydrogens (primary N) is 1. The van der Waals surface area contributed by atoms with Crippen molar-refractivity contribution in [3.63, 3.8) is 0 Å². The molecule has 108 valence electrons. The number of nitrogens with zero attached hydrogens (tertiary/aromatic N) is 1. The highest BCUT2D eigenvalue weighted by Gasteiger charge is 2.11. The monoisotopic (exact) mass is 286 g/mol. The summed E-state index contributed by atoms with van der Waals surface area (Å²) in [5.74, 6) is -0.658. The van der Waals surface area contributed by atoms with E-state index in [1.165, 1.54) is 16.7 Å². The molecule has 1 aromatic heterocycles. The van der Waals surface area contributed by atoms with Gasteiger partial charge in [0.25, 0.3) is 0 Å². The van der Waals surface area contributed by atoms with Crippen LogP contribution in [0.1, 0.15) is 17.2 Å². The Morgan fingerprint density at radius 1 is 1.24 bits per heavy atom. The molecule has 0 aliphatic carbocycles. The van der Waals surface area contributed by atoms with Crippen molar-refractivity contribution in [3.05, 3.63) is 70.0 Å². The Balaban J connectivity index is 1.89. The Morgan fingerprint density at radius 2 is 1.95 bits per heavy atom. The van der Waals surface area contributed by atoms with Crippen LogP contribution in [0, 0.1) is 5.82 Å². The average Bonchev–Trinajstić information content (AvgIpc) is 2.76. The first kappa shape index (κ1) is 13.6. The van der Waals surface area contributed by atoms with Gasteiger partial charge in [-0.1, -0.05) is 18.2 Å². The number of hydrogen-bond acceptors (Lipinski definition) is 3. The molecule has 21 heavy (non-hydrogen) atoms. The lowest BCUT2D eigenvalue weighted by molar-refractivity contribution is 0.527. The Kier molecular flexibility index (Phi) is 3.35. The molecule has 1 unspecified atom stereocenters. The van der Waals surface area contributed by atoms with Gasteiger partial charge in [0.05, 0.1) is 5.52 Å². The van der Waals surface area contributed by atoms with E-state index in [0.717, 1.165) is 16.6 Å². The Labute approximate surface area is 120 Å². The highest BCUT2D eigenvalue weighted by atomic mass is 19.1. The van der Waals surface area contributed by atoms with E-state index in [0.29, 0.717) is 12.0 Å². The minimum absolute atomic E-state index is 0.245. The number of benzene rings is 2. The molecule has 2 N–H and O–H groups in total. The molecule has 1 heterocycles. The normalized spacial score (nSPS) is 12.7. The van der Waals surface area contributed by atoms with Crippen molar-refractivity contribution >= 4 is 11.1 Å². The third kappa shape index (κ3) is 2.60. The Bertz CT molecular complexity index is 834. The fourth-order valence-electron chi connectivity index (χ4n) is 2.37. The lowest BCUT2D eigenvalue weighted by Crippen LogP contribution is -2.13. The molecule has 3 aromatic rings. The topological polar surface area (TPSA) is 61.2 Å². The van der Waals surface area contributed by atoms with Crippen LogP contribution in [-0.2, 0) is 13.5 Å². The molecule has 3 rings (SSSR count). The van der Waals surface area contributed by atoms with Crippen molar-refractivity contribution in [2.45, 2.75) is 12.5 Å². The summed E-state index contributed by atoms with van der Waals surface area (Å²) in [6, 6.07) is 11.5. The highest BCUT2D eigenvalue weighted by Crippen LogP contribution is 2.21. The fourth-order valence-corrected chi connectivity index (χ4v) is 2.37. The molecule has 0 saturated heterocycles. The van der Waals surface area contributed by atoms with Gasteiger partial charge in [0.15, 0.2) is 5.58 Å². The number of rotatable bonds is 3. The number of halogens is 1. The molecule has 0 spiro atoms. The zero-order valence-corrected chi connectivity index (χ0v) is 11.5. The van der Waals surface area contributed by atoms with Crippen molar-refractivity contribution in [2.24, 2.45) is 12.8 Å². The lowest BCUT2D eigenvalue weighted by atomic mass is 9.99. The van der Waals surface area contributed by atoms with Crippen LogP contribution in [-0.4, -0.2) is 4.57 Å². The van der Waals surface area contributed by atoms with E-state index in [1.807, 2.05) is 12.1 Å². The SMILES string of the molecule is Cn1c(=O)oc2cc(C(N)Cc3ccc(F)cc3)ccc21. The molecule has 0 amide bonds. The molecule has 2 aromatic carbocycles. The third-order valence-corrected chi connectivity index (χ3v) is 3.61. The zero-order valence-electron chi connectivity index (χ0n) is 11.5. The zero-order chi connectivity index (χ0) is 15.0. The first-order chi connectivity index (χ1) is 10.0. The van der Waals surface area contributed by atoms with E-state index < -0.39 is 5.76 Å². The molecule has 0 radical (unpaired) electrons. The summed E-state index contributed by atoms with van der Waals surface area (Å²) < 4.78 is 19.5. The maximum absolute atomic E-state index is 12.9. The van der Waals surface area contributed by atoms with Gasteiger partial charge in [0.2, 0.25) is 0 Å². The van der Waals surface area contributed by atoms with Crippen LogP contribution in [0.5, 0.6) is 0 Å². The molecule has 0 saturated carbocycles. The minimum Gasteiger partial charge on any atom is -0.408 e. The summed E-state index contributed by atoms with van der Waals surface area (Å²) in [5.41, 5.74) is 9.27. The van der Waals surface area contributed by atoms with E-state index in [-0.39, 0.29) is 11.9 Å². The second-order valence-electron chi connectivity index (χ2n) is 5.09. The number of aryl methyl sites for hydroxylation is 1. The van der Waals surface area contributed by atoms with Gasteiger partial charge in [-0.05, 0) is 41.8 Å². The highest BCUT2D eigenvalue weighted by molar-refractivity contribution is 5.73. The van der Waals surface area contributed by atoms with Crippen LogP contribution in [0.4, 0.5) is 4.39 Å². The van der Waals surface area contributed by atoms with E-state index in [2.05, 4.69) is 0 Å². The number of aromatic nitrogens is 1. The number of oxazole rings is 1. The van der Waals surface area contributed by atoms with Crippen molar-refractivity contribution < 1.29 is 8.81 Å². The van der Waals surface area contributed by atoms with Gasteiger partial charge in [0.1, 0.15) is 5.82 Å². The molecular formula is C16H15FN2O2. The minimum atomic E-state index is -0.394. The lowest BCUT2D eigenvalue weighted by Gasteiger charge is -2.12. The summed E-state index contributed by atoms with van der Waals surface area (Å²) in [6.45, 7) is 0. The number of hydrogen-bond donors (Lipinski definition) is 1. The molecule has 0 aliphatic heterocycles. The molecule has 0 fully saturated rings. The molecular weight excluding hydrogens is 271 g/mol. The molecule has 0 aliphatic rings. The van der Waals surface area contributed by atoms with E-state index in [9.17, 15) is 9.18 Å². The molecule has 1 atom stereocenters. The molecule has 4 nitrogen and oxygen atoms in total. The summed E-state index contributed by atoms with van der Waals surface area (Å²) in [6.07, 6.45) is 0.586. The summed E-state index contributed by atoms with van der Waals surface area (Å²) in [4.78, 5) is 11.5. The first-order valence-corrected chi connectivity index (χ1v) is 6.64. The van der Waals surface area contributed by atoms with Gasteiger partial charge in [0, 0.05) is 13.1 Å². The first-order valence-electron chi connectivity index (χ1n) is 6.64. The Hall–Kier alpha value is -2.40. The van der Waals surface area contributed by atoms with Crippen LogP contribution in [0.3, 0.4) is 0 Å². The average molecular weight is 286 g/mol. The van der Waals surface area contributed by atoms with Crippen LogP contribution in [0.15, 0.2) is 51.7 Å². The smallest absolute Gasteiger partial charge is 0.408 e. The van der Waals surface area contributed by atoms with Crippen molar-refractivity contribution in [1.82, 2.24) is 4.57 Å². The fraction of sp³-hybridized carbons (Fsp3) is 0.188. The molecule has 5 heteroatoms. The largest absolute Gasteiger partial charge is 0.419 e. The second-order valence-corrected chi connectivity index (χ2v) is 5.09. The summed E-state index contributed by atoms with van der Waals surface area (Å²) in [7, 11) is 1.66. The quantitative estimate of drug-likeness (QED) is 0.804. The van der Waals surface area contributed by atoms with Crippen LogP contribution in [0.25, 0.3) is 11.1 Å². The summed E-state index contributed by atoms with van der Waals surface area (Å²) in [5, 5.41) is 0. The standard InChI is InChI=1S/C16H15FN2O2/c1-19-14-7-4-11(9-15(14)21-16(19)20)13(18)8-10-2-5-12(17)6-3-10/h2-7,9,13H,8,18H2,1H3. The number of fused-ring (bicyclic) bond motifs is 1. The van der Waals surface area contributed by atoms with Crippen LogP contribution in [0.2, 0.25) is 0 Å². The summed E-state index contributed by atoms with van der Waals surface area (Å²) >= 11 is 0. The van der Waals surface area contributed by atoms with Gasteiger partial charge in [-0.2, -0.15) is 0 Å². The van der Waals surface area contributed by atoms with E-state index in [1.54, 1.807) is 25.2 Å². The maximum atomic E-state index is 12.9. The molecule has 0 bridgehead atoms. The van der Waals surface area contributed by atoms with Crippen molar-refractivity contribution in [2.75, 3.05) is 0 Å². The van der Waals surface area contributed by atoms with E-state index in [4.69, 9.17) is 10.2 Å². The predicted octanol–water partition coefficient (Wildman–Crippen LogP) is 2.51. The Morgan fingerprint density at radius 3 is 2.67 bits per heavy atom. The van der Waals surface area contributed by atoms with E-state index >= 15 is 0 Å². The van der Waals surface area contributed by atoms with Gasteiger partial charge >= 0.3 is 5.76 Å². The van der Waals surface area contributed by atoms with Crippen LogP contribution < -0.4 is 11.5 Å². The predicted molar refractivity (Wildman–Crippen MR) is 78.5 cm³/mol. The van der Waals surface area contributed by atoms with Crippen LogP contribution >= 0.6 is 0 Å². The van der Waals surface area contributed by atoms with Crippen molar-refractivity contribution in [3.8, 4) is 0 Å². The van der Waals surface area contributed by atoms with Gasteiger partial charge < -0.3 is 10.2 Å². The van der Waals surface area contributed by atoms with Crippen molar-refractivity contribution in [1.29, 1.82) is 0 Å². The second kappa shape index (κ2) is 5.18. The maximum Gasteiger partial charge on any atom is 0.419 e. The van der Waals surface area contributed by atoms with Gasteiger partial charge in [-0.15, -0.1) is 0 Å². The third-order valence-electron chi connectivity index (χ3n) is 3.61. The van der Waals surface area contributed by atoms with Gasteiger partial charge in [-0.25, -0.2) is 9.18 Å².